The fourth-order valence-electron chi connectivity index (χ4n) is 2.80. The minimum absolute atomic E-state index is 0.692. The van der Waals surface area contributed by atoms with Crippen molar-refractivity contribution in [2.75, 3.05) is 6.61 Å². The second-order valence-corrected chi connectivity index (χ2v) is 5.19. The van der Waals surface area contributed by atoms with Crippen molar-refractivity contribution < 1.29 is 4.74 Å². The first-order valence-corrected chi connectivity index (χ1v) is 6.90. The standard InChI is InChI=1S/C15H24O/c1-2-3-4-5-6-13-7-8-15-12-16-10-9-14(15)11-13/h9-11,13,15H,2-8,12H2,1H3. The van der Waals surface area contributed by atoms with Crippen molar-refractivity contribution in [1.29, 1.82) is 0 Å². The predicted molar refractivity (Wildman–Crippen MR) is 68.1 cm³/mol. The highest BCUT2D eigenvalue weighted by Gasteiger charge is 2.23. The summed E-state index contributed by atoms with van der Waals surface area (Å²) in [7, 11) is 0. The minimum Gasteiger partial charge on any atom is -0.501 e. The largest absolute Gasteiger partial charge is 0.501 e. The molecule has 2 unspecified atom stereocenters. The molecule has 1 heteroatoms. The highest BCUT2D eigenvalue weighted by molar-refractivity contribution is 5.25. The third-order valence-electron chi connectivity index (χ3n) is 3.87. The molecule has 0 amide bonds. The quantitative estimate of drug-likeness (QED) is 0.622. The third kappa shape index (κ3) is 3.13. The first-order valence-electron chi connectivity index (χ1n) is 6.90. The van der Waals surface area contributed by atoms with Crippen LogP contribution in [-0.4, -0.2) is 6.61 Å². The molecular formula is C15H24O. The fourth-order valence-corrected chi connectivity index (χ4v) is 2.80. The Bertz CT molecular complexity index is 265. The zero-order chi connectivity index (χ0) is 11.2. The number of rotatable bonds is 5. The minimum atomic E-state index is 0.692. The molecule has 0 saturated carbocycles. The molecule has 1 heterocycles. The van der Waals surface area contributed by atoms with Crippen molar-refractivity contribution in [1.82, 2.24) is 0 Å². The molecule has 0 bridgehead atoms. The molecule has 0 spiro atoms. The highest BCUT2D eigenvalue weighted by atomic mass is 16.5. The van der Waals surface area contributed by atoms with Gasteiger partial charge in [0, 0.05) is 5.92 Å². The molecule has 0 aromatic rings. The summed E-state index contributed by atoms with van der Waals surface area (Å²) in [6.07, 6.45) is 16.2. The maximum Gasteiger partial charge on any atom is 0.0941 e. The fraction of sp³-hybridized carbons (Fsp3) is 0.733. The number of unbranched alkanes of at least 4 members (excludes halogenated alkanes) is 3. The Labute approximate surface area is 99.6 Å². The second kappa shape index (κ2) is 6.12. The predicted octanol–water partition coefficient (Wildman–Crippen LogP) is 4.45. The lowest BCUT2D eigenvalue weighted by Crippen LogP contribution is -2.20. The van der Waals surface area contributed by atoms with Gasteiger partial charge in [0.05, 0.1) is 12.9 Å². The summed E-state index contributed by atoms with van der Waals surface area (Å²) in [6, 6.07) is 0. The van der Waals surface area contributed by atoms with Gasteiger partial charge in [-0.2, -0.15) is 0 Å². The summed E-state index contributed by atoms with van der Waals surface area (Å²) in [4.78, 5) is 0. The van der Waals surface area contributed by atoms with E-state index in [9.17, 15) is 0 Å². The van der Waals surface area contributed by atoms with Gasteiger partial charge < -0.3 is 4.74 Å². The molecule has 2 aliphatic rings. The molecule has 0 aromatic heterocycles. The van der Waals surface area contributed by atoms with Crippen LogP contribution in [0, 0.1) is 11.8 Å². The van der Waals surface area contributed by atoms with Crippen LogP contribution >= 0.6 is 0 Å². The second-order valence-electron chi connectivity index (χ2n) is 5.19. The lowest BCUT2D eigenvalue weighted by atomic mass is 9.80. The number of hydrogen-bond acceptors (Lipinski definition) is 1. The average molecular weight is 220 g/mol. The van der Waals surface area contributed by atoms with Crippen LogP contribution in [0.25, 0.3) is 0 Å². The number of fused-ring (bicyclic) bond motifs is 1. The van der Waals surface area contributed by atoms with E-state index < -0.39 is 0 Å². The molecule has 0 fully saturated rings. The van der Waals surface area contributed by atoms with Gasteiger partial charge in [-0.3, -0.25) is 0 Å². The molecule has 0 saturated heterocycles. The zero-order valence-electron chi connectivity index (χ0n) is 10.5. The van der Waals surface area contributed by atoms with E-state index in [0.717, 1.165) is 12.5 Å². The molecular weight excluding hydrogens is 196 g/mol. The summed E-state index contributed by atoms with van der Waals surface area (Å²) in [6.45, 7) is 3.19. The maximum atomic E-state index is 5.37. The van der Waals surface area contributed by atoms with Crippen LogP contribution in [0.15, 0.2) is 24.0 Å². The monoisotopic (exact) mass is 220 g/mol. The van der Waals surface area contributed by atoms with Crippen molar-refractivity contribution in [2.24, 2.45) is 11.8 Å². The average Bonchev–Trinajstić information content (AvgIpc) is 2.34. The van der Waals surface area contributed by atoms with E-state index in [2.05, 4.69) is 19.1 Å². The zero-order valence-corrected chi connectivity index (χ0v) is 10.5. The summed E-state index contributed by atoms with van der Waals surface area (Å²) >= 11 is 0. The summed E-state index contributed by atoms with van der Waals surface area (Å²) < 4.78 is 5.37. The normalized spacial score (nSPS) is 28.2. The van der Waals surface area contributed by atoms with Gasteiger partial charge in [-0.25, -0.2) is 0 Å². The molecule has 1 nitrogen and oxygen atoms in total. The first-order chi connectivity index (χ1) is 7.90. The van der Waals surface area contributed by atoms with Gasteiger partial charge in [0.1, 0.15) is 0 Å². The Morgan fingerprint density at radius 3 is 3.06 bits per heavy atom. The van der Waals surface area contributed by atoms with Crippen LogP contribution in [0.3, 0.4) is 0 Å². The van der Waals surface area contributed by atoms with Crippen LogP contribution < -0.4 is 0 Å². The van der Waals surface area contributed by atoms with Crippen molar-refractivity contribution in [2.45, 2.75) is 51.9 Å². The molecule has 1 aliphatic heterocycles. The third-order valence-corrected chi connectivity index (χ3v) is 3.87. The first kappa shape index (κ1) is 11.8. The lowest BCUT2D eigenvalue weighted by molar-refractivity contribution is 0.184. The van der Waals surface area contributed by atoms with E-state index in [4.69, 9.17) is 4.74 Å². The van der Waals surface area contributed by atoms with Gasteiger partial charge in [-0.05, 0) is 36.8 Å². The lowest BCUT2D eigenvalue weighted by Gasteiger charge is -2.29. The summed E-state index contributed by atoms with van der Waals surface area (Å²) in [5, 5.41) is 0. The smallest absolute Gasteiger partial charge is 0.0941 e. The van der Waals surface area contributed by atoms with Crippen LogP contribution in [0.4, 0.5) is 0 Å². The van der Waals surface area contributed by atoms with Gasteiger partial charge in [0.25, 0.3) is 0 Å². The molecule has 16 heavy (non-hydrogen) atoms. The summed E-state index contributed by atoms with van der Waals surface area (Å²) in [5.41, 5.74) is 1.54. The molecule has 0 radical (unpaired) electrons. The van der Waals surface area contributed by atoms with Crippen LogP contribution in [-0.2, 0) is 4.74 Å². The SMILES string of the molecule is CCCCCCC1C=C2C=COCC2CC1. The Kier molecular flexibility index (Phi) is 4.50. The van der Waals surface area contributed by atoms with Gasteiger partial charge in [0.15, 0.2) is 0 Å². The topological polar surface area (TPSA) is 9.23 Å². The summed E-state index contributed by atoms with van der Waals surface area (Å²) in [5.74, 6) is 1.53. The van der Waals surface area contributed by atoms with Crippen LogP contribution in [0.1, 0.15) is 51.9 Å². The molecule has 90 valence electrons. The number of allylic oxidation sites excluding steroid dienone is 2. The van der Waals surface area contributed by atoms with Crippen LogP contribution in [0.2, 0.25) is 0 Å². The van der Waals surface area contributed by atoms with E-state index in [1.54, 1.807) is 0 Å². The van der Waals surface area contributed by atoms with Gasteiger partial charge in [-0.15, -0.1) is 0 Å². The maximum absolute atomic E-state index is 5.37. The molecule has 0 aromatic carbocycles. The van der Waals surface area contributed by atoms with E-state index in [-0.39, 0.29) is 0 Å². The van der Waals surface area contributed by atoms with Crippen molar-refractivity contribution in [3.05, 3.63) is 24.0 Å². The van der Waals surface area contributed by atoms with Crippen molar-refractivity contribution in [3.63, 3.8) is 0 Å². The Morgan fingerprint density at radius 1 is 1.25 bits per heavy atom. The Hall–Kier alpha value is -0.720. The Balaban J connectivity index is 1.79. The molecule has 0 N–H and O–H groups in total. The van der Waals surface area contributed by atoms with E-state index in [1.165, 1.54) is 50.5 Å². The number of ether oxygens (including phenoxy) is 1. The molecule has 2 atom stereocenters. The molecule has 1 aliphatic carbocycles. The van der Waals surface area contributed by atoms with Crippen molar-refractivity contribution in [3.8, 4) is 0 Å². The van der Waals surface area contributed by atoms with Crippen LogP contribution in [0.5, 0.6) is 0 Å². The Morgan fingerprint density at radius 2 is 2.19 bits per heavy atom. The number of hydrogen-bond donors (Lipinski definition) is 0. The van der Waals surface area contributed by atoms with E-state index >= 15 is 0 Å². The van der Waals surface area contributed by atoms with Gasteiger partial charge >= 0.3 is 0 Å². The molecule has 2 rings (SSSR count). The van der Waals surface area contributed by atoms with Gasteiger partial charge in [0.2, 0.25) is 0 Å². The van der Waals surface area contributed by atoms with E-state index in [0.29, 0.717) is 5.92 Å². The highest BCUT2D eigenvalue weighted by Crippen LogP contribution is 2.33. The van der Waals surface area contributed by atoms with E-state index in [1.807, 2.05) is 6.26 Å². The van der Waals surface area contributed by atoms with Crippen molar-refractivity contribution >= 4 is 0 Å². The van der Waals surface area contributed by atoms with Gasteiger partial charge in [-0.1, -0.05) is 38.7 Å².